The number of hydrogen-bond acceptors (Lipinski definition) is 5. The number of rotatable bonds is 4. The molecule has 1 aromatic carbocycles. The van der Waals surface area contributed by atoms with Crippen molar-refractivity contribution in [3.05, 3.63) is 48.0 Å². The van der Waals surface area contributed by atoms with Gasteiger partial charge in [0.25, 0.3) is 0 Å². The highest BCUT2D eigenvalue weighted by Gasteiger charge is 2.20. The molecule has 0 saturated heterocycles. The lowest BCUT2D eigenvalue weighted by Gasteiger charge is -2.05. The number of hydrogen-bond donors (Lipinski definition) is 1. The lowest BCUT2D eigenvalue weighted by molar-refractivity contribution is 0.106. The molecule has 0 saturated carbocycles. The maximum atomic E-state index is 12.2. The zero-order valence-corrected chi connectivity index (χ0v) is 10.6. The summed E-state index contributed by atoms with van der Waals surface area (Å²) in [5, 5.41) is 12.1. The summed E-state index contributed by atoms with van der Waals surface area (Å²) in [6.07, 6.45) is 3.20. The largest absolute Gasteiger partial charge is 0.497 e. The first kappa shape index (κ1) is 12.8. The van der Waals surface area contributed by atoms with Gasteiger partial charge in [-0.3, -0.25) is 4.79 Å². The lowest BCUT2D eigenvalue weighted by Crippen LogP contribution is -2.20. The molecule has 0 amide bonds. The molecule has 1 heterocycles. The van der Waals surface area contributed by atoms with Crippen molar-refractivity contribution in [2.45, 2.75) is 0 Å². The van der Waals surface area contributed by atoms with E-state index in [4.69, 9.17) is 9.94 Å². The van der Waals surface area contributed by atoms with Crippen LogP contribution >= 0.6 is 0 Å². The zero-order valence-electron chi connectivity index (χ0n) is 10.6. The number of ketones is 1. The van der Waals surface area contributed by atoms with Crippen LogP contribution in [0.2, 0.25) is 0 Å². The molecule has 0 bridgehead atoms. The highest BCUT2D eigenvalue weighted by molar-refractivity contribution is 6.50. The van der Waals surface area contributed by atoms with Gasteiger partial charge in [0.15, 0.2) is 11.5 Å². The molecule has 1 N–H and O–H groups in total. The van der Waals surface area contributed by atoms with Crippen LogP contribution in [0.3, 0.4) is 0 Å². The number of nitrogens with zero attached hydrogens (tertiary/aromatic N) is 3. The molecule has 0 fully saturated rings. The van der Waals surface area contributed by atoms with E-state index in [1.54, 1.807) is 49.2 Å². The summed E-state index contributed by atoms with van der Waals surface area (Å²) < 4.78 is 6.63. The third-order valence-corrected chi connectivity index (χ3v) is 2.70. The zero-order chi connectivity index (χ0) is 13.8. The van der Waals surface area contributed by atoms with E-state index in [0.29, 0.717) is 17.1 Å². The average molecular weight is 259 g/mol. The Bertz CT molecular complexity index is 614. The molecule has 0 aliphatic carbocycles. The van der Waals surface area contributed by atoms with E-state index in [1.165, 1.54) is 6.20 Å². The van der Waals surface area contributed by atoms with Crippen molar-refractivity contribution >= 4 is 11.5 Å². The Labute approximate surface area is 110 Å². The molecule has 19 heavy (non-hydrogen) atoms. The number of ether oxygens (including phenoxy) is 1. The lowest BCUT2D eigenvalue weighted by atomic mass is 10.1. The molecular weight excluding hydrogens is 246 g/mol. The third kappa shape index (κ3) is 2.47. The van der Waals surface area contributed by atoms with E-state index in [2.05, 4.69) is 10.1 Å². The van der Waals surface area contributed by atoms with Gasteiger partial charge in [0, 0.05) is 25.0 Å². The summed E-state index contributed by atoms with van der Waals surface area (Å²) in [6.45, 7) is 0. The second kappa shape index (κ2) is 5.34. The highest BCUT2D eigenvalue weighted by Crippen LogP contribution is 2.13. The monoisotopic (exact) mass is 259 g/mol. The molecule has 0 unspecified atom stereocenters. The third-order valence-electron chi connectivity index (χ3n) is 2.70. The van der Waals surface area contributed by atoms with Crippen molar-refractivity contribution in [2.75, 3.05) is 7.11 Å². The van der Waals surface area contributed by atoms with Crippen LogP contribution in [-0.2, 0) is 7.05 Å². The van der Waals surface area contributed by atoms with E-state index in [9.17, 15) is 4.79 Å². The van der Waals surface area contributed by atoms with Crippen molar-refractivity contribution in [1.29, 1.82) is 0 Å². The van der Waals surface area contributed by atoms with Gasteiger partial charge >= 0.3 is 0 Å². The van der Waals surface area contributed by atoms with Gasteiger partial charge in [-0.15, -0.1) is 0 Å². The number of aromatic nitrogens is 2. The number of imidazole rings is 1. The first-order valence-electron chi connectivity index (χ1n) is 5.56. The Morgan fingerprint density at radius 3 is 2.53 bits per heavy atom. The molecule has 0 spiro atoms. The summed E-state index contributed by atoms with van der Waals surface area (Å²) in [5.41, 5.74) is 0.300. The maximum absolute atomic E-state index is 12.2. The molecule has 2 aromatic rings. The van der Waals surface area contributed by atoms with Crippen molar-refractivity contribution in [2.24, 2.45) is 12.2 Å². The average Bonchev–Trinajstić information content (AvgIpc) is 2.86. The van der Waals surface area contributed by atoms with Gasteiger partial charge in [0.2, 0.25) is 5.78 Å². The summed E-state index contributed by atoms with van der Waals surface area (Å²) in [6, 6.07) is 6.55. The number of carbonyl (C=O) groups excluding carboxylic acids is 1. The minimum Gasteiger partial charge on any atom is -0.497 e. The Hall–Kier alpha value is -2.63. The summed E-state index contributed by atoms with van der Waals surface area (Å²) >= 11 is 0. The van der Waals surface area contributed by atoms with E-state index < -0.39 is 5.78 Å². The molecule has 6 nitrogen and oxygen atoms in total. The van der Waals surface area contributed by atoms with Crippen molar-refractivity contribution in [1.82, 2.24) is 9.55 Å². The van der Waals surface area contributed by atoms with Gasteiger partial charge in [-0.05, 0) is 24.3 Å². The second-order valence-corrected chi connectivity index (χ2v) is 3.87. The number of Topliss-reactive ketones (excluding diaryl/α,β-unsaturated/α-hetero) is 1. The summed E-state index contributed by atoms with van der Waals surface area (Å²) in [4.78, 5) is 16.2. The van der Waals surface area contributed by atoms with Crippen LogP contribution in [0.1, 0.15) is 16.2 Å². The van der Waals surface area contributed by atoms with Crippen LogP contribution in [0.5, 0.6) is 5.75 Å². The topological polar surface area (TPSA) is 76.7 Å². The van der Waals surface area contributed by atoms with Crippen LogP contribution in [0.15, 0.2) is 41.8 Å². The predicted octanol–water partition coefficient (Wildman–Crippen LogP) is 1.49. The van der Waals surface area contributed by atoms with E-state index in [0.717, 1.165) is 0 Å². The molecule has 0 aliphatic heterocycles. The molecule has 0 radical (unpaired) electrons. The van der Waals surface area contributed by atoms with Gasteiger partial charge in [0.1, 0.15) is 5.75 Å². The normalized spacial score (nSPS) is 11.4. The van der Waals surface area contributed by atoms with E-state index in [-0.39, 0.29) is 5.71 Å². The number of oxime groups is 1. The number of aryl methyl sites for hydroxylation is 1. The van der Waals surface area contributed by atoms with Gasteiger partial charge in [-0.1, -0.05) is 5.16 Å². The van der Waals surface area contributed by atoms with Crippen molar-refractivity contribution < 1.29 is 14.7 Å². The smallest absolute Gasteiger partial charge is 0.218 e. The molecule has 0 atom stereocenters. The minimum atomic E-state index is -0.403. The Morgan fingerprint density at radius 2 is 2.05 bits per heavy atom. The van der Waals surface area contributed by atoms with Gasteiger partial charge < -0.3 is 14.5 Å². The number of carbonyl (C=O) groups is 1. The molecule has 1 aromatic heterocycles. The van der Waals surface area contributed by atoms with Crippen LogP contribution in [0.4, 0.5) is 0 Å². The quantitative estimate of drug-likeness (QED) is 0.390. The van der Waals surface area contributed by atoms with Crippen molar-refractivity contribution in [3.63, 3.8) is 0 Å². The SMILES string of the molecule is COc1ccc(C(=O)/C(=N/O)c2nccn2C)cc1. The maximum Gasteiger partial charge on any atom is 0.218 e. The summed E-state index contributed by atoms with van der Waals surface area (Å²) in [5.74, 6) is 0.554. The summed E-state index contributed by atoms with van der Waals surface area (Å²) in [7, 11) is 3.26. The van der Waals surface area contributed by atoms with Crippen LogP contribution in [0.25, 0.3) is 0 Å². The molecule has 2 rings (SSSR count). The second-order valence-electron chi connectivity index (χ2n) is 3.87. The van der Waals surface area contributed by atoms with Crippen LogP contribution in [-0.4, -0.2) is 33.4 Å². The fraction of sp³-hybridized carbons (Fsp3) is 0.154. The van der Waals surface area contributed by atoms with E-state index >= 15 is 0 Å². The Kier molecular flexibility index (Phi) is 3.61. The highest BCUT2D eigenvalue weighted by atomic mass is 16.5. The van der Waals surface area contributed by atoms with Crippen molar-refractivity contribution in [3.8, 4) is 5.75 Å². The van der Waals surface area contributed by atoms with Gasteiger partial charge in [-0.2, -0.15) is 0 Å². The molecule has 98 valence electrons. The fourth-order valence-corrected chi connectivity index (χ4v) is 1.66. The van der Waals surface area contributed by atoms with Gasteiger partial charge in [0.05, 0.1) is 7.11 Å². The predicted molar refractivity (Wildman–Crippen MR) is 68.9 cm³/mol. The van der Waals surface area contributed by atoms with Crippen LogP contribution < -0.4 is 4.74 Å². The fourth-order valence-electron chi connectivity index (χ4n) is 1.66. The standard InChI is InChI=1S/C13H13N3O3/c1-16-8-7-14-13(16)11(15-18)12(17)9-3-5-10(19-2)6-4-9/h3-8,18H,1-2H3/b15-11-. The molecule has 6 heteroatoms. The minimum absolute atomic E-state index is 0.0994. The molecule has 0 aliphatic rings. The Balaban J connectivity index is 2.34. The number of methoxy groups -OCH3 is 1. The Morgan fingerprint density at radius 1 is 1.37 bits per heavy atom. The van der Waals surface area contributed by atoms with Crippen LogP contribution in [0, 0.1) is 0 Å². The van der Waals surface area contributed by atoms with E-state index in [1.807, 2.05) is 0 Å². The number of benzene rings is 1. The van der Waals surface area contributed by atoms with Gasteiger partial charge in [-0.25, -0.2) is 4.98 Å². The first-order chi connectivity index (χ1) is 9.17. The first-order valence-corrected chi connectivity index (χ1v) is 5.56. The molecular formula is C13H13N3O3.